The Balaban J connectivity index is 1.32. The number of ether oxygens (including phenoxy) is 1. The monoisotopic (exact) mass is 606 g/mol. The smallest absolute Gasteiger partial charge is 0.476 e. The van der Waals surface area contributed by atoms with Gasteiger partial charge in [-0.1, -0.05) is 30.3 Å². The lowest BCUT2D eigenvalue weighted by Crippen LogP contribution is -2.09. The zero-order valence-corrected chi connectivity index (χ0v) is 25.1. The lowest BCUT2D eigenvalue weighted by molar-refractivity contribution is 0.0983. The maximum Gasteiger partial charge on any atom is 0.476 e. The van der Waals surface area contributed by atoms with Crippen LogP contribution in [0.25, 0.3) is 21.5 Å². The molecule has 0 saturated carbocycles. The molecule has 0 aliphatic carbocycles. The lowest BCUT2D eigenvalue weighted by Gasteiger charge is -2.25. The lowest BCUT2D eigenvalue weighted by atomic mass is 10.2. The standard InChI is InChI=1S/C27H32N2O8P2S/c1-4-33-39(31,34-5-2)37-27(38(30)35-15-16-36-38)25-17-21-11-12-22(18-24(21)28-25)32-14-13-23-19(3)40-26(29-23)20-9-7-6-8-10-20/h6-12,17-18,27-28H,4-5,13-16H2,1-3H3. The first kappa shape index (κ1) is 29.2. The molecule has 2 aromatic heterocycles. The van der Waals surface area contributed by atoms with Gasteiger partial charge in [0.2, 0.25) is 5.85 Å². The summed E-state index contributed by atoms with van der Waals surface area (Å²) in [5.41, 5.74) is 3.20. The van der Waals surface area contributed by atoms with Crippen molar-refractivity contribution in [1.29, 1.82) is 0 Å². The van der Waals surface area contributed by atoms with Crippen molar-refractivity contribution in [2.24, 2.45) is 0 Å². The van der Waals surface area contributed by atoms with Gasteiger partial charge in [-0.3, -0.25) is 18.1 Å². The van der Waals surface area contributed by atoms with Gasteiger partial charge in [0.05, 0.1) is 44.4 Å². The van der Waals surface area contributed by atoms with Gasteiger partial charge in [0.15, 0.2) is 0 Å². The highest BCUT2D eigenvalue weighted by Crippen LogP contribution is 2.69. The van der Waals surface area contributed by atoms with Crippen LogP contribution in [0.1, 0.15) is 36.0 Å². The predicted molar refractivity (Wildman–Crippen MR) is 154 cm³/mol. The molecule has 0 bridgehead atoms. The van der Waals surface area contributed by atoms with Crippen molar-refractivity contribution in [1.82, 2.24) is 9.97 Å². The summed E-state index contributed by atoms with van der Waals surface area (Å²) in [4.78, 5) is 9.18. The van der Waals surface area contributed by atoms with Crippen LogP contribution in [0.5, 0.6) is 5.75 Å². The maximum atomic E-state index is 13.5. The van der Waals surface area contributed by atoms with Crippen LogP contribution in [-0.4, -0.2) is 43.0 Å². The first-order chi connectivity index (χ1) is 19.3. The molecule has 0 radical (unpaired) electrons. The number of phosphoric ester groups is 1. The van der Waals surface area contributed by atoms with Crippen molar-refractivity contribution in [3.8, 4) is 16.3 Å². The van der Waals surface area contributed by atoms with Crippen LogP contribution in [0.4, 0.5) is 0 Å². The number of benzene rings is 2. The van der Waals surface area contributed by atoms with E-state index in [1.807, 2.05) is 36.4 Å². The summed E-state index contributed by atoms with van der Waals surface area (Å²) in [6.07, 6.45) is 0.668. The molecular weight excluding hydrogens is 574 g/mol. The van der Waals surface area contributed by atoms with Crippen LogP contribution >= 0.6 is 26.8 Å². The molecule has 10 nitrogen and oxygen atoms in total. The van der Waals surface area contributed by atoms with Gasteiger partial charge >= 0.3 is 15.4 Å². The Hall–Kier alpha value is -2.33. The van der Waals surface area contributed by atoms with E-state index in [1.165, 1.54) is 4.88 Å². The van der Waals surface area contributed by atoms with E-state index in [4.69, 9.17) is 32.3 Å². The topological polar surface area (TPSA) is 118 Å². The van der Waals surface area contributed by atoms with E-state index in [-0.39, 0.29) is 26.4 Å². The zero-order valence-electron chi connectivity index (χ0n) is 22.5. The van der Waals surface area contributed by atoms with Gasteiger partial charge in [-0.05, 0) is 39.0 Å². The summed E-state index contributed by atoms with van der Waals surface area (Å²) in [7, 11) is -7.85. The summed E-state index contributed by atoms with van der Waals surface area (Å²) < 4.78 is 59.9. The Morgan fingerprint density at radius 3 is 2.50 bits per heavy atom. The zero-order chi connectivity index (χ0) is 28.2. The first-order valence-electron chi connectivity index (χ1n) is 13.1. The Labute approximate surface area is 237 Å². The predicted octanol–water partition coefficient (Wildman–Crippen LogP) is 7.66. The highest BCUT2D eigenvalue weighted by atomic mass is 32.1. The summed E-state index contributed by atoms with van der Waals surface area (Å²) in [6, 6.07) is 17.4. The van der Waals surface area contributed by atoms with Gasteiger partial charge < -0.3 is 18.8 Å². The van der Waals surface area contributed by atoms with Crippen LogP contribution in [0.3, 0.4) is 0 Å². The van der Waals surface area contributed by atoms with Crippen molar-refractivity contribution in [2.45, 2.75) is 33.0 Å². The molecule has 1 atom stereocenters. The number of hydrogen-bond acceptors (Lipinski definition) is 10. The third-order valence-electron chi connectivity index (χ3n) is 6.12. The Kier molecular flexibility index (Phi) is 9.24. The van der Waals surface area contributed by atoms with Gasteiger partial charge in [0.1, 0.15) is 10.8 Å². The van der Waals surface area contributed by atoms with Gasteiger partial charge in [-0.15, -0.1) is 11.3 Å². The average molecular weight is 607 g/mol. The summed E-state index contributed by atoms with van der Waals surface area (Å²) in [5, 5.41) is 1.81. The number of aryl methyl sites for hydroxylation is 1. The molecule has 1 N–H and O–H groups in total. The van der Waals surface area contributed by atoms with E-state index in [0.717, 1.165) is 21.7 Å². The molecule has 4 aromatic rings. The quantitative estimate of drug-likeness (QED) is 0.153. The average Bonchev–Trinajstić information content (AvgIpc) is 3.67. The fraction of sp³-hybridized carbons (Fsp3) is 0.370. The molecule has 0 amide bonds. The summed E-state index contributed by atoms with van der Waals surface area (Å²) >= 11 is 1.68. The van der Waals surface area contributed by atoms with Crippen molar-refractivity contribution in [2.75, 3.05) is 33.0 Å². The molecule has 3 heterocycles. The van der Waals surface area contributed by atoms with Crippen molar-refractivity contribution < 1.29 is 36.5 Å². The fourth-order valence-corrected chi connectivity index (χ4v) is 8.75. The van der Waals surface area contributed by atoms with Crippen molar-refractivity contribution in [3.63, 3.8) is 0 Å². The molecule has 2 aromatic carbocycles. The van der Waals surface area contributed by atoms with E-state index in [2.05, 4.69) is 24.0 Å². The van der Waals surface area contributed by atoms with Crippen LogP contribution in [0.2, 0.25) is 0 Å². The third-order valence-corrected chi connectivity index (χ3v) is 11.0. The van der Waals surface area contributed by atoms with Crippen LogP contribution in [0, 0.1) is 6.92 Å². The largest absolute Gasteiger partial charge is 0.493 e. The molecule has 214 valence electrons. The van der Waals surface area contributed by atoms with Crippen LogP contribution in [0.15, 0.2) is 54.6 Å². The Bertz CT molecular complexity index is 1520. The Morgan fingerprint density at radius 2 is 1.80 bits per heavy atom. The molecule has 1 aliphatic rings. The molecule has 13 heteroatoms. The fourth-order valence-electron chi connectivity index (χ4n) is 4.30. The Morgan fingerprint density at radius 1 is 1.07 bits per heavy atom. The number of nitrogens with zero attached hydrogens (tertiary/aromatic N) is 1. The molecule has 1 saturated heterocycles. The molecule has 1 fully saturated rings. The second-order valence-electron chi connectivity index (χ2n) is 8.91. The number of aromatic amines is 1. The summed E-state index contributed by atoms with van der Waals surface area (Å²) in [5.74, 6) is -0.675. The number of fused-ring (bicyclic) bond motifs is 1. The van der Waals surface area contributed by atoms with E-state index < -0.39 is 21.3 Å². The van der Waals surface area contributed by atoms with E-state index in [0.29, 0.717) is 30.0 Å². The highest BCUT2D eigenvalue weighted by Gasteiger charge is 2.47. The summed E-state index contributed by atoms with van der Waals surface area (Å²) in [6.45, 7) is 6.28. The number of thiazole rings is 1. The van der Waals surface area contributed by atoms with Crippen LogP contribution < -0.4 is 4.74 Å². The first-order valence-corrected chi connectivity index (χ1v) is 16.9. The van der Waals surface area contributed by atoms with Crippen molar-refractivity contribution in [3.05, 3.63) is 70.9 Å². The number of H-pyrrole nitrogens is 1. The number of rotatable bonds is 13. The number of nitrogens with one attached hydrogen (secondary N) is 1. The number of aromatic nitrogens is 2. The molecule has 5 rings (SSSR count). The number of phosphoric acid groups is 1. The van der Waals surface area contributed by atoms with E-state index in [9.17, 15) is 9.13 Å². The minimum Gasteiger partial charge on any atom is -0.493 e. The molecule has 0 spiro atoms. The maximum absolute atomic E-state index is 13.5. The van der Waals surface area contributed by atoms with Crippen LogP contribution in [-0.2, 0) is 38.2 Å². The van der Waals surface area contributed by atoms with E-state index in [1.54, 1.807) is 31.3 Å². The SMILES string of the molecule is CCOP(=O)(OCC)OC(c1cc2ccc(OCCc3nc(-c4ccccc4)sc3C)cc2[nH]1)P1(=O)OCCO1. The van der Waals surface area contributed by atoms with E-state index >= 15 is 0 Å². The minimum absolute atomic E-state index is 0.0808. The van der Waals surface area contributed by atoms with Gasteiger partial charge in [0, 0.05) is 33.8 Å². The highest BCUT2D eigenvalue weighted by molar-refractivity contribution is 7.55. The molecule has 1 aliphatic heterocycles. The number of hydrogen-bond donors (Lipinski definition) is 1. The second-order valence-corrected chi connectivity index (χ2v) is 13.8. The van der Waals surface area contributed by atoms with Gasteiger partial charge in [-0.2, -0.15) is 0 Å². The van der Waals surface area contributed by atoms with Gasteiger partial charge in [0.25, 0.3) is 0 Å². The van der Waals surface area contributed by atoms with Gasteiger partial charge in [-0.25, -0.2) is 9.55 Å². The van der Waals surface area contributed by atoms with Crippen molar-refractivity contribution >= 4 is 37.7 Å². The molecule has 1 unspecified atom stereocenters. The molecule has 40 heavy (non-hydrogen) atoms. The second kappa shape index (κ2) is 12.7. The third kappa shape index (κ3) is 6.59. The minimum atomic E-state index is -4.04. The normalized spacial score (nSPS) is 16.0. The molecular formula is C27H32N2O8P2S.